The van der Waals surface area contributed by atoms with Gasteiger partial charge in [0.25, 0.3) is 0 Å². The molecule has 0 saturated carbocycles. The van der Waals surface area contributed by atoms with Crippen molar-refractivity contribution in [1.82, 2.24) is 4.98 Å². The lowest BCUT2D eigenvalue weighted by atomic mass is 10.1. The van der Waals surface area contributed by atoms with Gasteiger partial charge in [-0.15, -0.1) is 0 Å². The smallest absolute Gasteiger partial charge is 0.131 e. The van der Waals surface area contributed by atoms with Gasteiger partial charge in [0, 0.05) is 35.1 Å². The Morgan fingerprint density at radius 2 is 1.52 bits per heavy atom. The largest absolute Gasteiger partial charge is 0.344 e. The summed E-state index contributed by atoms with van der Waals surface area (Å²) in [4.78, 5) is 6.27. The Bertz CT molecular complexity index is 772. The number of fused-ring (bicyclic) bond motifs is 1. The summed E-state index contributed by atoms with van der Waals surface area (Å²) < 4.78 is 0. The van der Waals surface area contributed by atoms with Crippen molar-refractivity contribution in [2.45, 2.75) is 44.9 Å². The maximum atomic E-state index is 3.95. The molecular formula is C22H30N2Si. The Kier molecular flexibility index (Phi) is 4.65. The van der Waals surface area contributed by atoms with Crippen LogP contribution in [-0.4, -0.2) is 20.8 Å². The molecule has 0 heterocycles. The van der Waals surface area contributed by atoms with E-state index in [1.165, 1.54) is 22.5 Å². The van der Waals surface area contributed by atoms with Gasteiger partial charge < -0.3 is 9.88 Å². The summed E-state index contributed by atoms with van der Waals surface area (Å²) in [6.45, 7) is 11.7. The molecule has 0 bridgehead atoms. The fraction of sp³-hybridized carbons (Fsp3) is 0.364. The van der Waals surface area contributed by atoms with Crippen LogP contribution >= 0.6 is 0 Å². The summed E-state index contributed by atoms with van der Waals surface area (Å²) in [6, 6.07) is 19.5. The molecule has 0 spiro atoms. The van der Waals surface area contributed by atoms with Crippen LogP contribution in [0.2, 0.25) is 13.1 Å². The predicted molar refractivity (Wildman–Crippen MR) is 112 cm³/mol. The van der Waals surface area contributed by atoms with Crippen molar-refractivity contribution in [2.24, 2.45) is 0 Å². The molecule has 2 aromatic carbocycles. The number of benzene rings is 2. The van der Waals surface area contributed by atoms with Crippen molar-refractivity contribution in [2.75, 3.05) is 11.9 Å². The summed E-state index contributed by atoms with van der Waals surface area (Å²) >= 11 is 0. The SMILES string of the molecule is CN(C1=CC([Si](C)(C)NC(C)(C)C)c2ccccc21)c1ccccc1. The average Bonchev–Trinajstić information content (AvgIpc) is 2.93. The highest BCUT2D eigenvalue weighted by Crippen LogP contribution is 2.42. The van der Waals surface area contributed by atoms with Crippen LogP contribution in [-0.2, 0) is 0 Å². The lowest BCUT2D eigenvalue weighted by Crippen LogP contribution is -2.57. The first-order chi connectivity index (χ1) is 11.7. The highest BCUT2D eigenvalue weighted by molar-refractivity contribution is 6.77. The molecule has 1 atom stereocenters. The number of anilines is 1. The minimum Gasteiger partial charge on any atom is -0.344 e. The molecule has 1 N–H and O–H groups in total. The molecule has 3 heteroatoms. The van der Waals surface area contributed by atoms with Crippen LogP contribution < -0.4 is 9.88 Å². The number of para-hydroxylation sites is 1. The molecule has 1 aliphatic rings. The summed E-state index contributed by atoms with van der Waals surface area (Å²) in [7, 11) is 0.474. The zero-order valence-electron chi connectivity index (χ0n) is 16.3. The molecule has 132 valence electrons. The highest BCUT2D eigenvalue weighted by Gasteiger charge is 2.40. The molecule has 2 nitrogen and oxygen atoms in total. The van der Waals surface area contributed by atoms with E-state index >= 15 is 0 Å². The van der Waals surface area contributed by atoms with Gasteiger partial charge >= 0.3 is 0 Å². The van der Waals surface area contributed by atoms with Crippen molar-refractivity contribution in [3.05, 3.63) is 71.8 Å². The number of hydrogen-bond donors (Lipinski definition) is 1. The van der Waals surface area contributed by atoms with Gasteiger partial charge in [-0.2, -0.15) is 0 Å². The van der Waals surface area contributed by atoms with Crippen molar-refractivity contribution in [1.29, 1.82) is 0 Å². The number of rotatable bonds is 4. The van der Waals surface area contributed by atoms with Gasteiger partial charge in [-0.3, -0.25) is 0 Å². The zero-order valence-corrected chi connectivity index (χ0v) is 17.3. The number of hydrogen-bond acceptors (Lipinski definition) is 2. The minimum absolute atomic E-state index is 0.132. The second kappa shape index (κ2) is 6.47. The van der Waals surface area contributed by atoms with Crippen molar-refractivity contribution in [3.8, 4) is 0 Å². The molecule has 0 amide bonds. The van der Waals surface area contributed by atoms with E-state index in [0.29, 0.717) is 5.54 Å². The number of nitrogens with zero attached hydrogens (tertiary/aromatic N) is 1. The van der Waals surface area contributed by atoms with Crippen molar-refractivity contribution in [3.63, 3.8) is 0 Å². The van der Waals surface area contributed by atoms with Gasteiger partial charge in [0.1, 0.15) is 8.24 Å². The van der Waals surface area contributed by atoms with Crippen LogP contribution in [0.15, 0.2) is 60.7 Å². The number of allylic oxidation sites excluding steroid dienone is 1. The molecule has 0 aliphatic heterocycles. The molecule has 1 unspecified atom stereocenters. The Hall–Kier alpha value is -1.84. The van der Waals surface area contributed by atoms with Crippen LogP contribution in [0.1, 0.15) is 37.4 Å². The number of nitrogens with one attached hydrogen (secondary N) is 1. The first-order valence-electron chi connectivity index (χ1n) is 9.08. The molecule has 25 heavy (non-hydrogen) atoms. The second-order valence-corrected chi connectivity index (χ2v) is 12.9. The normalized spacial score (nSPS) is 17.2. The van der Waals surface area contributed by atoms with E-state index in [9.17, 15) is 0 Å². The third-order valence-electron chi connectivity index (χ3n) is 4.88. The Morgan fingerprint density at radius 1 is 0.920 bits per heavy atom. The summed E-state index contributed by atoms with van der Waals surface area (Å²) in [5, 5.41) is 0. The summed E-state index contributed by atoms with van der Waals surface area (Å²) in [6.07, 6.45) is 2.49. The maximum absolute atomic E-state index is 3.95. The fourth-order valence-electron chi connectivity index (χ4n) is 4.06. The Labute approximate surface area is 153 Å². The lowest BCUT2D eigenvalue weighted by molar-refractivity contribution is 0.509. The minimum atomic E-state index is -1.70. The van der Waals surface area contributed by atoms with Gasteiger partial charge in [-0.25, -0.2) is 0 Å². The monoisotopic (exact) mass is 350 g/mol. The Balaban J connectivity index is 2.02. The highest BCUT2D eigenvalue weighted by atomic mass is 28.3. The first kappa shape index (κ1) is 18.0. The van der Waals surface area contributed by atoms with E-state index in [1.54, 1.807) is 0 Å². The third kappa shape index (κ3) is 3.73. The van der Waals surface area contributed by atoms with Crippen LogP contribution in [0.3, 0.4) is 0 Å². The molecule has 0 radical (unpaired) electrons. The molecule has 2 aromatic rings. The van der Waals surface area contributed by atoms with E-state index in [0.717, 1.165) is 0 Å². The van der Waals surface area contributed by atoms with Crippen LogP contribution in [0.4, 0.5) is 5.69 Å². The van der Waals surface area contributed by atoms with Gasteiger partial charge in [0.15, 0.2) is 0 Å². The van der Waals surface area contributed by atoms with Gasteiger partial charge in [0.2, 0.25) is 0 Å². The molecule has 0 saturated heterocycles. The summed E-state index contributed by atoms with van der Waals surface area (Å²) in [5.41, 5.74) is 6.00. The van der Waals surface area contributed by atoms with E-state index in [-0.39, 0.29) is 5.54 Å². The van der Waals surface area contributed by atoms with Crippen LogP contribution in [0, 0.1) is 0 Å². The van der Waals surface area contributed by atoms with Gasteiger partial charge in [-0.1, -0.05) is 61.6 Å². The molecule has 0 fully saturated rings. The van der Waals surface area contributed by atoms with Crippen molar-refractivity contribution < 1.29 is 0 Å². The Morgan fingerprint density at radius 3 is 2.16 bits per heavy atom. The van der Waals surface area contributed by atoms with Gasteiger partial charge in [-0.05, 0) is 38.5 Å². The average molecular weight is 351 g/mol. The quantitative estimate of drug-likeness (QED) is 0.743. The fourth-order valence-corrected chi connectivity index (χ4v) is 7.76. The van der Waals surface area contributed by atoms with Crippen molar-refractivity contribution >= 4 is 19.6 Å². The predicted octanol–water partition coefficient (Wildman–Crippen LogP) is 5.39. The standard InChI is InChI=1S/C22H30N2Si/c1-22(2,3)23-25(5,6)21-16-20(18-14-10-11-15-19(18)21)24(4)17-12-8-7-9-13-17/h7-16,21,23H,1-6H3. The van der Waals surface area contributed by atoms with E-state index in [1.807, 2.05) is 0 Å². The maximum Gasteiger partial charge on any atom is 0.131 e. The van der Waals surface area contributed by atoms with Crippen LogP contribution in [0.5, 0.6) is 0 Å². The van der Waals surface area contributed by atoms with E-state index < -0.39 is 8.24 Å². The second-order valence-electron chi connectivity index (χ2n) is 8.61. The topological polar surface area (TPSA) is 15.3 Å². The molecular weight excluding hydrogens is 320 g/mol. The molecule has 0 aromatic heterocycles. The van der Waals surface area contributed by atoms with E-state index in [4.69, 9.17) is 0 Å². The van der Waals surface area contributed by atoms with Crippen LogP contribution in [0.25, 0.3) is 5.70 Å². The van der Waals surface area contributed by atoms with Gasteiger partial charge in [0.05, 0.1) is 0 Å². The zero-order chi connectivity index (χ0) is 18.2. The lowest BCUT2D eigenvalue weighted by Gasteiger charge is -2.37. The molecule has 3 rings (SSSR count). The molecule has 1 aliphatic carbocycles. The van der Waals surface area contributed by atoms with E-state index in [2.05, 4.69) is 111 Å². The third-order valence-corrected chi connectivity index (χ3v) is 8.30. The summed E-state index contributed by atoms with van der Waals surface area (Å²) in [5.74, 6) is 0. The first-order valence-corrected chi connectivity index (χ1v) is 12.2.